The van der Waals surface area contributed by atoms with E-state index >= 15 is 0 Å². The summed E-state index contributed by atoms with van der Waals surface area (Å²) in [6.45, 7) is 2.63. The molecule has 5 nitrogen and oxygen atoms in total. The molecule has 0 aliphatic rings. The quantitative estimate of drug-likeness (QED) is 0.943. The van der Waals surface area contributed by atoms with E-state index in [1.54, 1.807) is 18.2 Å². The normalized spacial score (nSPS) is 14.8. The molecule has 0 saturated carbocycles. The maximum absolute atomic E-state index is 12.9. The first-order valence-electron chi connectivity index (χ1n) is 6.01. The van der Waals surface area contributed by atoms with Crippen molar-refractivity contribution in [3.63, 3.8) is 0 Å². The molecule has 8 heteroatoms. The van der Waals surface area contributed by atoms with Crippen LogP contribution in [0.4, 0.5) is 13.2 Å². The number of hydrogen-bond acceptors (Lipinski definition) is 5. The van der Waals surface area contributed by atoms with Crippen LogP contribution < -0.4 is 10.5 Å². The van der Waals surface area contributed by atoms with Crippen molar-refractivity contribution in [2.45, 2.75) is 25.6 Å². The number of hydrogen-bond donors (Lipinski definition) is 1. The van der Waals surface area contributed by atoms with E-state index in [0.717, 1.165) is 12.5 Å². The first-order valence-corrected chi connectivity index (χ1v) is 6.01. The van der Waals surface area contributed by atoms with Crippen molar-refractivity contribution in [1.82, 2.24) is 10.1 Å². The van der Waals surface area contributed by atoms with E-state index in [1.165, 1.54) is 7.11 Å². The summed E-state index contributed by atoms with van der Waals surface area (Å²) in [6.07, 6.45) is -4.70. The SMILES string of the molecule is COc1cc(C)ccc1-c1noc(C(C)(N)C(F)(F)F)n1. The van der Waals surface area contributed by atoms with Crippen molar-refractivity contribution < 1.29 is 22.4 Å². The minimum Gasteiger partial charge on any atom is -0.496 e. The van der Waals surface area contributed by atoms with Crippen LogP contribution in [-0.2, 0) is 5.54 Å². The Bertz CT molecular complexity index is 650. The first-order chi connectivity index (χ1) is 9.66. The van der Waals surface area contributed by atoms with E-state index in [-0.39, 0.29) is 5.82 Å². The Kier molecular flexibility index (Phi) is 3.66. The minimum atomic E-state index is -4.70. The molecule has 1 aromatic heterocycles. The van der Waals surface area contributed by atoms with Gasteiger partial charge in [-0.05, 0) is 31.5 Å². The molecule has 2 aromatic rings. The van der Waals surface area contributed by atoms with Crippen molar-refractivity contribution in [2.75, 3.05) is 7.11 Å². The topological polar surface area (TPSA) is 74.2 Å². The van der Waals surface area contributed by atoms with E-state index in [0.29, 0.717) is 11.3 Å². The van der Waals surface area contributed by atoms with Gasteiger partial charge in [-0.3, -0.25) is 0 Å². The standard InChI is InChI=1S/C13H14F3N3O2/c1-7-4-5-8(9(6-7)20-3)10-18-11(21-19-10)12(2,17)13(14,15)16/h4-6H,17H2,1-3H3. The average molecular weight is 301 g/mol. The van der Waals surface area contributed by atoms with Crippen LogP contribution in [-0.4, -0.2) is 23.4 Å². The predicted octanol–water partition coefficient (Wildman–Crippen LogP) is 2.79. The summed E-state index contributed by atoms with van der Waals surface area (Å²) >= 11 is 0. The number of ether oxygens (including phenoxy) is 1. The van der Waals surface area contributed by atoms with Gasteiger partial charge in [0.05, 0.1) is 12.7 Å². The fraction of sp³-hybridized carbons (Fsp3) is 0.385. The largest absolute Gasteiger partial charge is 0.496 e. The second-order valence-corrected chi connectivity index (χ2v) is 4.83. The van der Waals surface area contributed by atoms with Crippen molar-refractivity contribution >= 4 is 0 Å². The van der Waals surface area contributed by atoms with Gasteiger partial charge >= 0.3 is 6.18 Å². The molecule has 0 amide bonds. The van der Waals surface area contributed by atoms with Crippen LogP contribution in [0.25, 0.3) is 11.4 Å². The third-order valence-corrected chi connectivity index (χ3v) is 3.06. The van der Waals surface area contributed by atoms with E-state index in [2.05, 4.69) is 14.7 Å². The second-order valence-electron chi connectivity index (χ2n) is 4.83. The molecule has 1 heterocycles. The molecule has 0 fully saturated rings. The molecular weight excluding hydrogens is 287 g/mol. The Morgan fingerprint density at radius 1 is 1.29 bits per heavy atom. The molecule has 21 heavy (non-hydrogen) atoms. The predicted molar refractivity (Wildman–Crippen MR) is 68.6 cm³/mol. The third-order valence-electron chi connectivity index (χ3n) is 3.06. The summed E-state index contributed by atoms with van der Waals surface area (Å²) in [7, 11) is 1.45. The highest BCUT2D eigenvalue weighted by molar-refractivity contribution is 5.64. The van der Waals surface area contributed by atoms with Crippen LogP contribution in [0.5, 0.6) is 5.75 Å². The Hall–Kier alpha value is -2.09. The molecule has 1 aromatic carbocycles. The molecule has 0 spiro atoms. The van der Waals surface area contributed by atoms with Crippen molar-refractivity contribution in [1.29, 1.82) is 0 Å². The molecule has 0 bridgehead atoms. The Morgan fingerprint density at radius 3 is 2.52 bits per heavy atom. The minimum absolute atomic E-state index is 0.0113. The monoisotopic (exact) mass is 301 g/mol. The summed E-state index contributed by atoms with van der Waals surface area (Å²) in [4.78, 5) is 3.75. The number of rotatable bonds is 3. The summed E-state index contributed by atoms with van der Waals surface area (Å²) < 4.78 is 48.4. The number of aromatic nitrogens is 2. The lowest BCUT2D eigenvalue weighted by atomic mass is 10.0. The van der Waals surface area contributed by atoms with E-state index in [4.69, 9.17) is 10.5 Å². The first kappa shape index (κ1) is 15.3. The maximum atomic E-state index is 12.9. The molecular formula is C13H14F3N3O2. The second kappa shape index (κ2) is 5.03. The van der Waals surface area contributed by atoms with E-state index in [1.807, 2.05) is 6.92 Å². The summed E-state index contributed by atoms with van der Waals surface area (Å²) in [5.74, 6) is -0.275. The molecule has 0 aliphatic heterocycles. The van der Waals surface area contributed by atoms with E-state index in [9.17, 15) is 13.2 Å². The molecule has 1 atom stereocenters. The zero-order valence-corrected chi connectivity index (χ0v) is 11.7. The number of alkyl halides is 3. The summed E-state index contributed by atoms with van der Waals surface area (Å²) in [5, 5.41) is 3.56. The summed E-state index contributed by atoms with van der Waals surface area (Å²) in [6, 6.07) is 5.13. The Morgan fingerprint density at radius 2 is 1.95 bits per heavy atom. The van der Waals surface area contributed by atoms with Crippen molar-refractivity contribution in [3.8, 4) is 17.1 Å². The maximum Gasteiger partial charge on any atom is 0.415 e. The Labute approximate surface area is 118 Å². The number of nitrogens with zero attached hydrogens (tertiary/aromatic N) is 2. The Balaban J connectivity index is 2.46. The van der Waals surface area contributed by atoms with Gasteiger partial charge in [0.1, 0.15) is 5.75 Å². The van der Waals surface area contributed by atoms with Crippen LogP contribution in [0.3, 0.4) is 0 Å². The van der Waals surface area contributed by atoms with E-state index < -0.39 is 17.6 Å². The van der Waals surface area contributed by atoms with Gasteiger partial charge in [0.2, 0.25) is 5.82 Å². The van der Waals surface area contributed by atoms with Gasteiger partial charge in [-0.2, -0.15) is 18.2 Å². The molecule has 0 aliphatic carbocycles. The number of benzene rings is 1. The molecule has 1 unspecified atom stereocenters. The van der Waals surface area contributed by atoms with Gasteiger partial charge in [-0.25, -0.2) is 0 Å². The highest BCUT2D eigenvalue weighted by Gasteiger charge is 2.53. The van der Waals surface area contributed by atoms with Crippen molar-refractivity contribution in [3.05, 3.63) is 29.7 Å². The molecule has 114 valence electrons. The number of nitrogens with two attached hydrogens (primary N) is 1. The van der Waals surface area contributed by atoms with Crippen LogP contribution in [0.15, 0.2) is 22.7 Å². The molecule has 2 N–H and O–H groups in total. The lowest BCUT2D eigenvalue weighted by Crippen LogP contribution is -2.47. The zero-order valence-electron chi connectivity index (χ0n) is 11.7. The lowest BCUT2D eigenvalue weighted by molar-refractivity contribution is -0.190. The molecule has 0 saturated heterocycles. The van der Waals surface area contributed by atoms with Gasteiger partial charge in [0, 0.05) is 0 Å². The van der Waals surface area contributed by atoms with Crippen LogP contribution in [0.1, 0.15) is 18.4 Å². The van der Waals surface area contributed by atoms with Gasteiger partial charge in [-0.15, -0.1) is 0 Å². The molecule has 2 rings (SSSR count). The summed E-state index contributed by atoms with van der Waals surface area (Å²) in [5.41, 5.74) is 3.89. The van der Waals surface area contributed by atoms with Crippen molar-refractivity contribution in [2.24, 2.45) is 5.73 Å². The highest BCUT2D eigenvalue weighted by atomic mass is 19.4. The fourth-order valence-electron chi connectivity index (χ4n) is 1.65. The smallest absolute Gasteiger partial charge is 0.415 e. The van der Waals surface area contributed by atoms with Crippen LogP contribution in [0, 0.1) is 6.92 Å². The van der Waals surface area contributed by atoms with Gasteiger partial charge in [-0.1, -0.05) is 11.2 Å². The third kappa shape index (κ3) is 2.71. The lowest BCUT2D eigenvalue weighted by Gasteiger charge is -2.22. The van der Waals surface area contributed by atoms with Gasteiger partial charge in [0.15, 0.2) is 5.54 Å². The number of aryl methyl sites for hydroxylation is 1. The number of halogens is 3. The molecule has 0 radical (unpaired) electrons. The van der Waals surface area contributed by atoms with Crippen LogP contribution in [0.2, 0.25) is 0 Å². The average Bonchev–Trinajstić information content (AvgIpc) is 2.87. The zero-order chi connectivity index (χ0) is 15.8. The highest BCUT2D eigenvalue weighted by Crippen LogP contribution is 2.37. The van der Waals surface area contributed by atoms with Gasteiger partial charge < -0.3 is 15.0 Å². The fourth-order valence-corrected chi connectivity index (χ4v) is 1.65. The number of methoxy groups -OCH3 is 1. The van der Waals surface area contributed by atoms with Gasteiger partial charge in [0.25, 0.3) is 5.89 Å². The van der Waals surface area contributed by atoms with Crippen LogP contribution >= 0.6 is 0 Å².